The third-order valence-corrected chi connectivity index (χ3v) is 3.90. The molecule has 1 heterocycles. The Morgan fingerprint density at radius 3 is 3.00 bits per heavy atom. The number of anilines is 1. The van der Waals surface area contributed by atoms with Gasteiger partial charge in [0, 0.05) is 11.9 Å². The molecular weight excluding hydrogens is 258 g/mol. The number of rotatable bonds is 5. The third kappa shape index (κ3) is 3.23. The van der Waals surface area contributed by atoms with Crippen LogP contribution in [-0.4, -0.2) is 29.4 Å². The average Bonchev–Trinajstić information content (AvgIpc) is 2.82. The Labute approximate surface area is 117 Å². The minimum Gasteiger partial charge on any atom is -0.397 e. The summed E-state index contributed by atoms with van der Waals surface area (Å²) < 4.78 is 0. The fourth-order valence-corrected chi connectivity index (χ4v) is 2.69. The number of fused-ring (bicyclic) bond motifs is 1. The first-order valence-electron chi connectivity index (χ1n) is 6.26. The van der Waals surface area contributed by atoms with Gasteiger partial charge in [0.2, 0.25) is 0 Å². The highest BCUT2D eigenvalue weighted by Gasteiger charge is 2.11. The zero-order valence-corrected chi connectivity index (χ0v) is 12.0. The van der Waals surface area contributed by atoms with Gasteiger partial charge in [-0.2, -0.15) is 11.8 Å². The standard InChI is InChI=1S/C14H19N3OS/c1-9(8-19-2)7-16-14(18)12-6-10-4-3-5-11(15)13(10)17-12/h3-6,9,17H,7-8,15H2,1-2H3,(H,16,18). The van der Waals surface area contributed by atoms with E-state index in [0.29, 0.717) is 23.8 Å². The van der Waals surface area contributed by atoms with Crippen molar-refractivity contribution in [3.8, 4) is 0 Å². The molecule has 4 N–H and O–H groups in total. The van der Waals surface area contributed by atoms with E-state index in [0.717, 1.165) is 16.7 Å². The van der Waals surface area contributed by atoms with Gasteiger partial charge in [-0.3, -0.25) is 4.79 Å². The Bertz CT molecular complexity index is 579. The van der Waals surface area contributed by atoms with Gasteiger partial charge in [0.05, 0.1) is 11.2 Å². The molecule has 1 aromatic heterocycles. The molecule has 0 aliphatic heterocycles. The maximum atomic E-state index is 12.0. The molecule has 0 saturated heterocycles. The molecule has 1 aromatic carbocycles. The minimum absolute atomic E-state index is 0.0800. The van der Waals surface area contributed by atoms with E-state index in [1.54, 1.807) is 11.8 Å². The van der Waals surface area contributed by atoms with Gasteiger partial charge in [0.15, 0.2) is 0 Å². The fourth-order valence-electron chi connectivity index (χ4n) is 2.01. The molecule has 4 nitrogen and oxygen atoms in total. The predicted molar refractivity (Wildman–Crippen MR) is 82.6 cm³/mol. The number of carbonyl (C=O) groups excluding carboxylic acids is 1. The molecule has 2 rings (SSSR count). The van der Waals surface area contributed by atoms with Crippen LogP contribution in [0, 0.1) is 5.92 Å². The summed E-state index contributed by atoms with van der Waals surface area (Å²) in [5.74, 6) is 1.43. The van der Waals surface area contributed by atoms with Crippen LogP contribution in [0.4, 0.5) is 5.69 Å². The molecular formula is C14H19N3OS. The largest absolute Gasteiger partial charge is 0.397 e. The summed E-state index contributed by atoms with van der Waals surface area (Å²) in [4.78, 5) is 15.1. The number of aromatic nitrogens is 1. The van der Waals surface area contributed by atoms with E-state index in [-0.39, 0.29) is 5.91 Å². The Morgan fingerprint density at radius 1 is 1.53 bits per heavy atom. The van der Waals surface area contributed by atoms with Crippen LogP contribution in [0.2, 0.25) is 0 Å². The van der Waals surface area contributed by atoms with E-state index >= 15 is 0 Å². The smallest absolute Gasteiger partial charge is 0.267 e. The maximum Gasteiger partial charge on any atom is 0.267 e. The van der Waals surface area contributed by atoms with E-state index in [1.165, 1.54) is 0 Å². The highest BCUT2D eigenvalue weighted by molar-refractivity contribution is 7.98. The molecule has 19 heavy (non-hydrogen) atoms. The monoisotopic (exact) mass is 277 g/mol. The topological polar surface area (TPSA) is 70.9 Å². The number of H-pyrrole nitrogens is 1. The molecule has 0 bridgehead atoms. The Balaban J connectivity index is 2.07. The number of para-hydroxylation sites is 1. The van der Waals surface area contributed by atoms with Crippen LogP contribution >= 0.6 is 11.8 Å². The number of carbonyl (C=O) groups is 1. The van der Waals surface area contributed by atoms with Gasteiger partial charge >= 0.3 is 0 Å². The van der Waals surface area contributed by atoms with Crippen molar-refractivity contribution in [2.75, 3.05) is 24.3 Å². The first kappa shape index (κ1) is 13.8. The van der Waals surface area contributed by atoms with Crippen molar-refractivity contribution < 1.29 is 4.79 Å². The van der Waals surface area contributed by atoms with Crippen LogP contribution in [0.25, 0.3) is 10.9 Å². The van der Waals surface area contributed by atoms with Gasteiger partial charge in [-0.05, 0) is 30.1 Å². The van der Waals surface area contributed by atoms with E-state index in [1.807, 2.05) is 24.3 Å². The van der Waals surface area contributed by atoms with Crippen molar-refractivity contribution >= 4 is 34.3 Å². The second-order valence-electron chi connectivity index (χ2n) is 4.77. The third-order valence-electron chi connectivity index (χ3n) is 3.00. The number of hydrogen-bond acceptors (Lipinski definition) is 3. The molecule has 1 amide bonds. The lowest BCUT2D eigenvalue weighted by molar-refractivity contribution is 0.0945. The molecule has 2 aromatic rings. The number of benzene rings is 1. The zero-order valence-electron chi connectivity index (χ0n) is 11.2. The van der Waals surface area contributed by atoms with Crippen molar-refractivity contribution in [1.29, 1.82) is 0 Å². The molecule has 0 saturated carbocycles. The van der Waals surface area contributed by atoms with Crippen LogP contribution in [0.5, 0.6) is 0 Å². The van der Waals surface area contributed by atoms with Crippen molar-refractivity contribution in [3.05, 3.63) is 30.0 Å². The normalized spacial score (nSPS) is 12.5. The maximum absolute atomic E-state index is 12.0. The minimum atomic E-state index is -0.0800. The molecule has 1 unspecified atom stereocenters. The van der Waals surface area contributed by atoms with E-state index < -0.39 is 0 Å². The molecule has 0 radical (unpaired) electrons. The van der Waals surface area contributed by atoms with Crippen LogP contribution in [0.3, 0.4) is 0 Å². The summed E-state index contributed by atoms with van der Waals surface area (Å²) in [5.41, 5.74) is 7.91. The molecule has 0 spiro atoms. The second-order valence-corrected chi connectivity index (χ2v) is 5.68. The summed E-state index contributed by atoms with van der Waals surface area (Å²) in [5, 5.41) is 3.90. The number of nitrogens with one attached hydrogen (secondary N) is 2. The van der Waals surface area contributed by atoms with Crippen LogP contribution in [0.1, 0.15) is 17.4 Å². The quantitative estimate of drug-likeness (QED) is 0.735. The Kier molecular flexibility index (Phi) is 4.37. The average molecular weight is 277 g/mol. The van der Waals surface area contributed by atoms with Gasteiger partial charge in [-0.1, -0.05) is 19.1 Å². The van der Waals surface area contributed by atoms with E-state index in [9.17, 15) is 4.79 Å². The number of thioether (sulfide) groups is 1. The molecule has 0 aliphatic rings. The number of amides is 1. The highest BCUT2D eigenvalue weighted by Crippen LogP contribution is 2.21. The SMILES string of the molecule is CSCC(C)CNC(=O)c1cc2cccc(N)c2[nH]1. The summed E-state index contributed by atoms with van der Waals surface area (Å²) in [6.07, 6.45) is 2.07. The number of aromatic amines is 1. The van der Waals surface area contributed by atoms with Gasteiger partial charge in [-0.15, -0.1) is 0 Å². The van der Waals surface area contributed by atoms with Crippen molar-refractivity contribution in [2.24, 2.45) is 5.92 Å². The lowest BCUT2D eigenvalue weighted by Gasteiger charge is -2.10. The van der Waals surface area contributed by atoms with Crippen molar-refractivity contribution in [1.82, 2.24) is 10.3 Å². The van der Waals surface area contributed by atoms with Gasteiger partial charge in [0.1, 0.15) is 5.69 Å². The predicted octanol–water partition coefficient (Wildman–Crippen LogP) is 2.48. The number of hydrogen-bond donors (Lipinski definition) is 3. The molecule has 0 aliphatic carbocycles. The van der Waals surface area contributed by atoms with Gasteiger partial charge in [-0.25, -0.2) is 0 Å². The molecule has 1 atom stereocenters. The van der Waals surface area contributed by atoms with Crippen molar-refractivity contribution in [3.63, 3.8) is 0 Å². The number of nitrogen functional groups attached to an aromatic ring is 1. The van der Waals surface area contributed by atoms with Crippen LogP contribution < -0.4 is 11.1 Å². The lowest BCUT2D eigenvalue weighted by Crippen LogP contribution is -2.29. The Morgan fingerprint density at radius 2 is 2.32 bits per heavy atom. The van der Waals surface area contributed by atoms with Gasteiger partial charge in [0.25, 0.3) is 5.91 Å². The number of nitrogens with two attached hydrogens (primary N) is 1. The Hall–Kier alpha value is -1.62. The second kappa shape index (κ2) is 6.02. The van der Waals surface area contributed by atoms with Crippen LogP contribution in [0.15, 0.2) is 24.3 Å². The molecule has 102 valence electrons. The summed E-state index contributed by atoms with van der Waals surface area (Å²) in [6, 6.07) is 7.48. The van der Waals surface area contributed by atoms with E-state index in [4.69, 9.17) is 5.73 Å². The highest BCUT2D eigenvalue weighted by atomic mass is 32.2. The van der Waals surface area contributed by atoms with E-state index in [2.05, 4.69) is 23.5 Å². The molecule has 0 fully saturated rings. The first-order chi connectivity index (χ1) is 9.11. The molecule has 5 heteroatoms. The summed E-state index contributed by atoms with van der Waals surface area (Å²) >= 11 is 1.79. The lowest BCUT2D eigenvalue weighted by atomic mass is 10.2. The zero-order chi connectivity index (χ0) is 13.8. The first-order valence-corrected chi connectivity index (χ1v) is 7.65. The van der Waals surface area contributed by atoms with Gasteiger partial charge < -0.3 is 16.0 Å². The summed E-state index contributed by atoms with van der Waals surface area (Å²) in [6.45, 7) is 2.81. The summed E-state index contributed by atoms with van der Waals surface area (Å²) in [7, 11) is 0. The fraction of sp³-hybridized carbons (Fsp3) is 0.357. The van der Waals surface area contributed by atoms with Crippen molar-refractivity contribution in [2.45, 2.75) is 6.92 Å². The van der Waals surface area contributed by atoms with Crippen LogP contribution in [-0.2, 0) is 0 Å².